The van der Waals surface area contributed by atoms with Crippen molar-refractivity contribution in [3.63, 3.8) is 0 Å². The van der Waals surface area contributed by atoms with Crippen LogP contribution in [-0.4, -0.2) is 42.0 Å². The summed E-state index contributed by atoms with van der Waals surface area (Å²) in [7, 11) is -4.53. The average molecular weight is 342 g/mol. The van der Waals surface area contributed by atoms with Crippen molar-refractivity contribution in [2.24, 2.45) is 0 Å². The van der Waals surface area contributed by atoms with E-state index in [1.807, 2.05) is 4.68 Å². The molecule has 2 heterocycles. The van der Waals surface area contributed by atoms with Crippen molar-refractivity contribution in [2.75, 3.05) is 18.0 Å². The van der Waals surface area contributed by atoms with Gasteiger partial charge in [-0.1, -0.05) is 0 Å². The van der Waals surface area contributed by atoms with E-state index in [-0.39, 0.29) is 4.90 Å². The molecule has 0 spiro atoms. The number of piperidine rings is 1. The van der Waals surface area contributed by atoms with Crippen LogP contribution < -0.4 is 4.90 Å². The van der Waals surface area contributed by atoms with Gasteiger partial charge in [-0.3, -0.25) is 0 Å². The van der Waals surface area contributed by atoms with Crippen molar-refractivity contribution in [3.8, 4) is 0 Å². The van der Waals surface area contributed by atoms with Crippen LogP contribution in [0.15, 0.2) is 41.8 Å². The summed E-state index contributed by atoms with van der Waals surface area (Å²) < 4.78 is 49.7. The highest BCUT2D eigenvalue weighted by Gasteiger charge is 2.27. The fourth-order valence-corrected chi connectivity index (χ4v) is 3.47. The number of anilines is 1. The topological polar surface area (TPSA) is 68.1 Å². The number of alkyl halides is 2. The lowest BCUT2D eigenvalue weighted by molar-refractivity contribution is 0.234. The van der Waals surface area contributed by atoms with Gasteiger partial charge >= 0.3 is 5.76 Å². The van der Waals surface area contributed by atoms with Gasteiger partial charge in [0.15, 0.2) is 0 Å². The number of nitrogens with zero attached hydrogens (tertiary/aromatic N) is 4. The first-order valence-electron chi connectivity index (χ1n) is 7.19. The third-order valence-electron chi connectivity index (χ3n) is 4.04. The second-order valence-corrected chi connectivity index (χ2v) is 7.31. The van der Waals surface area contributed by atoms with Crippen LogP contribution >= 0.6 is 0 Å². The van der Waals surface area contributed by atoms with Crippen LogP contribution in [-0.2, 0) is 9.84 Å². The largest absolute Gasteiger partial charge is 0.371 e. The van der Waals surface area contributed by atoms with Crippen LogP contribution in [0, 0.1) is 0 Å². The Morgan fingerprint density at radius 1 is 1.13 bits per heavy atom. The molecular weight excluding hydrogens is 326 g/mol. The molecule has 1 fully saturated rings. The van der Waals surface area contributed by atoms with Gasteiger partial charge in [0.2, 0.25) is 9.84 Å². The molecule has 0 N–H and O–H groups in total. The lowest BCUT2D eigenvalue weighted by atomic mass is 10.0. The van der Waals surface area contributed by atoms with E-state index < -0.39 is 15.6 Å². The van der Waals surface area contributed by atoms with Crippen LogP contribution in [0.5, 0.6) is 0 Å². The summed E-state index contributed by atoms with van der Waals surface area (Å²) in [6, 6.07) is 5.92. The average Bonchev–Trinajstić information content (AvgIpc) is 3.09. The van der Waals surface area contributed by atoms with Crippen LogP contribution in [0.25, 0.3) is 0 Å². The molecule has 6 nitrogen and oxygen atoms in total. The normalized spacial score (nSPS) is 16.9. The van der Waals surface area contributed by atoms with Gasteiger partial charge in [-0.15, -0.1) is 0 Å². The Hall–Kier alpha value is -2.03. The molecule has 0 radical (unpaired) electrons. The predicted octanol–water partition coefficient (Wildman–Crippen LogP) is 2.12. The summed E-state index contributed by atoms with van der Waals surface area (Å²) in [4.78, 5) is 5.69. The SMILES string of the molecule is O=S(=O)(c1ccc(N2CCC(n3cncn3)CC2)cc1)C(F)F. The fraction of sp³-hybridized carbons (Fsp3) is 0.429. The molecule has 2 aromatic rings. The summed E-state index contributed by atoms with van der Waals surface area (Å²) in [6.45, 7) is 1.57. The highest BCUT2D eigenvalue weighted by molar-refractivity contribution is 7.91. The molecule has 1 aliphatic heterocycles. The first-order chi connectivity index (χ1) is 11.0. The van der Waals surface area contributed by atoms with E-state index in [1.54, 1.807) is 18.5 Å². The van der Waals surface area contributed by atoms with Crippen LogP contribution in [0.2, 0.25) is 0 Å². The standard InChI is InChI=1S/C14H16F2N4O2S/c15-14(16)23(21,22)13-3-1-11(2-4-13)19-7-5-12(6-8-19)20-10-17-9-18-20/h1-4,9-10,12,14H,5-8H2. The van der Waals surface area contributed by atoms with E-state index in [0.717, 1.165) is 31.6 Å². The zero-order valence-electron chi connectivity index (χ0n) is 12.2. The number of benzene rings is 1. The minimum Gasteiger partial charge on any atom is -0.371 e. The molecule has 9 heteroatoms. The molecule has 0 atom stereocenters. The van der Waals surface area contributed by atoms with Crippen molar-refractivity contribution in [1.29, 1.82) is 0 Å². The molecule has 0 bridgehead atoms. The second kappa shape index (κ2) is 6.23. The number of halogens is 2. The first-order valence-corrected chi connectivity index (χ1v) is 8.74. The smallest absolute Gasteiger partial charge is 0.341 e. The van der Waals surface area contributed by atoms with E-state index >= 15 is 0 Å². The van der Waals surface area contributed by atoms with E-state index in [9.17, 15) is 17.2 Å². The molecular formula is C14H16F2N4O2S. The van der Waals surface area contributed by atoms with Gasteiger partial charge in [0, 0.05) is 18.8 Å². The molecule has 1 aromatic carbocycles. The lowest BCUT2D eigenvalue weighted by Crippen LogP contribution is -2.34. The highest BCUT2D eigenvalue weighted by Crippen LogP contribution is 2.27. The summed E-state index contributed by atoms with van der Waals surface area (Å²) in [5, 5.41) is 4.14. The monoisotopic (exact) mass is 342 g/mol. The molecule has 23 heavy (non-hydrogen) atoms. The summed E-state index contributed by atoms with van der Waals surface area (Å²) >= 11 is 0. The predicted molar refractivity (Wildman–Crippen MR) is 80.1 cm³/mol. The summed E-state index contributed by atoms with van der Waals surface area (Å²) in [5.41, 5.74) is 0.829. The van der Waals surface area contributed by atoms with Gasteiger partial charge in [0.25, 0.3) is 0 Å². The molecule has 0 amide bonds. The van der Waals surface area contributed by atoms with Crippen molar-refractivity contribution in [2.45, 2.75) is 29.5 Å². The van der Waals surface area contributed by atoms with Gasteiger partial charge in [-0.05, 0) is 37.1 Å². The molecule has 1 saturated heterocycles. The molecule has 3 rings (SSSR count). The van der Waals surface area contributed by atoms with Gasteiger partial charge in [0.05, 0.1) is 10.9 Å². The molecule has 124 valence electrons. The molecule has 0 unspecified atom stereocenters. The highest BCUT2D eigenvalue weighted by atomic mass is 32.2. The maximum Gasteiger partial charge on any atom is 0.341 e. The van der Waals surface area contributed by atoms with Gasteiger partial charge < -0.3 is 4.90 Å². The molecule has 1 aromatic heterocycles. The zero-order valence-corrected chi connectivity index (χ0v) is 13.0. The van der Waals surface area contributed by atoms with Crippen molar-refractivity contribution in [1.82, 2.24) is 14.8 Å². The van der Waals surface area contributed by atoms with Crippen molar-refractivity contribution in [3.05, 3.63) is 36.9 Å². The zero-order chi connectivity index (χ0) is 16.4. The Labute approximate surface area is 132 Å². The molecule has 0 aliphatic carbocycles. The quantitative estimate of drug-likeness (QED) is 0.851. The second-order valence-electron chi connectivity index (χ2n) is 5.39. The van der Waals surface area contributed by atoms with Crippen LogP contribution in [0.1, 0.15) is 18.9 Å². The summed E-state index contributed by atoms with van der Waals surface area (Å²) in [6.07, 6.45) is 4.99. The maximum absolute atomic E-state index is 12.5. The van der Waals surface area contributed by atoms with Crippen molar-refractivity contribution < 1.29 is 17.2 Å². The van der Waals surface area contributed by atoms with E-state index in [1.165, 1.54) is 18.5 Å². The summed E-state index contributed by atoms with van der Waals surface area (Å²) in [5.74, 6) is -3.40. The third kappa shape index (κ3) is 3.19. The Morgan fingerprint density at radius 3 is 2.30 bits per heavy atom. The van der Waals surface area contributed by atoms with Gasteiger partial charge in [-0.25, -0.2) is 18.1 Å². The van der Waals surface area contributed by atoms with E-state index in [0.29, 0.717) is 6.04 Å². The number of rotatable bonds is 4. The minimum atomic E-state index is -4.53. The van der Waals surface area contributed by atoms with Gasteiger partial charge in [-0.2, -0.15) is 13.9 Å². The number of hydrogen-bond donors (Lipinski definition) is 0. The van der Waals surface area contributed by atoms with E-state index in [2.05, 4.69) is 15.0 Å². The number of aromatic nitrogens is 3. The lowest BCUT2D eigenvalue weighted by Gasteiger charge is -2.33. The molecule has 1 aliphatic rings. The number of hydrogen-bond acceptors (Lipinski definition) is 5. The fourth-order valence-electron chi connectivity index (χ4n) is 2.74. The first kappa shape index (κ1) is 15.9. The van der Waals surface area contributed by atoms with Crippen LogP contribution in [0.3, 0.4) is 0 Å². The Bertz CT molecular complexity index is 740. The maximum atomic E-state index is 12.5. The number of sulfone groups is 1. The van der Waals surface area contributed by atoms with Crippen molar-refractivity contribution >= 4 is 15.5 Å². The molecule has 0 saturated carbocycles. The van der Waals surface area contributed by atoms with E-state index in [4.69, 9.17) is 0 Å². The third-order valence-corrected chi connectivity index (χ3v) is 5.44. The Balaban J connectivity index is 1.67. The Kier molecular flexibility index (Phi) is 4.29. The van der Waals surface area contributed by atoms with Crippen LogP contribution in [0.4, 0.5) is 14.5 Å². The van der Waals surface area contributed by atoms with Gasteiger partial charge in [0.1, 0.15) is 12.7 Å². The minimum absolute atomic E-state index is 0.298. The Morgan fingerprint density at radius 2 is 1.78 bits per heavy atom.